The Bertz CT molecular complexity index is 667. The van der Waals surface area contributed by atoms with Crippen LogP contribution in [-0.2, 0) is 20.7 Å². The van der Waals surface area contributed by atoms with Crippen molar-refractivity contribution >= 4 is 23.2 Å². The van der Waals surface area contributed by atoms with Gasteiger partial charge in [-0.3, -0.25) is 4.79 Å². The van der Waals surface area contributed by atoms with Gasteiger partial charge in [0.2, 0.25) is 11.8 Å². The monoisotopic (exact) mass is 322 g/mol. The highest BCUT2D eigenvalue weighted by Crippen LogP contribution is 2.24. The molecular weight excluding hydrogens is 308 g/mol. The smallest absolute Gasteiger partial charge is 0.328 e. The molecule has 0 aliphatic carbocycles. The van der Waals surface area contributed by atoms with Crippen molar-refractivity contribution in [3.63, 3.8) is 0 Å². The lowest BCUT2D eigenvalue weighted by Gasteiger charge is -2.32. The first-order valence-corrected chi connectivity index (χ1v) is 7.61. The van der Waals surface area contributed by atoms with E-state index in [1.807, 2.05) is 17.5 Å². The minimum absolute atomic E-state index is 0.0126. The van der Waals surface area contributed by atoms with Crippen LogP contribution in [0.1, 0.15) is 5.69 Å². The van der Waals surface area contributed by atoms with Crippen molar-refractivity contribution in [3.8, 4) is 10.8 Å². The van der Waals surface area contributed by atoms with Crippen LogP contribution in [0.2, 0.25) is 0 Å². The van der Waals surface area contributed by atoms with Crippen molar-refractivity contribution < 1.29 is 23.8 Å². The molecule has 1 fully saturated rings. The Morgan fingerprint density at radius 1 is 1.50 bits per heavy atom. The Kier molecular flexibility index (Phi) is 4.21. The van der Waals surface area contributed by atoms with Crippen molar-refractivity contribution in [2.45, 2.75) is 12.5 Å². The predicted octanol–water partition coefficient (Wildman–Crippen LogP) is 1.26. The molecule has 0 saturated carbocycles. The van der Waals surface area contributed by atoms with E-state index in [0.29, 0.717) is 18.2 Å². The standard InChI is InChI=1S/C14H14N2O5S/c17-12(16-3-4-20-8-10(16)14(18)19)6-9-7-21-13(15-9)11-2-1-5-22-11/h1-2,5,7,10H,3-4,6,8H2,(H,18,19)/t10-/m1/s1. The molecule has 1 amide bonds. The molecule has 3 rings (SSSR count). The van der Waals surface area contributed by atoms with Crippen molar-refractivity contribution in [1.82, 2.24) is 9.88 Å². The summed E-state index contributed by atoms with van der Waals surface area (Å²) in [6.45, 7) is 0.626. The van der Waals surface area contributed by atoms with Crippen molar-refractivity contribution in [2.75, 3.05) is 19.8 Å². The van der Waals surface area contributed by atoms with Crippen molar-refractivity contribution in [3.05, 3.63) is 29.5 Å². The number of carbonyl (C=O) groups excluding carboxylic acids is 1. The van der Waals surface area contributed by atoms with Crippen LogP contribution in [0.4, 0.5) is 0 Å². The van der Waals surface area contributed by atoms with E-state index in [4.69, 9.17) is 14.3 Å². The molecule has 0 spiro atoms. The van der Waals surface area contributed by atoms with E-state index in [1.54, 1.807) is 0 Å². The Morgan fingerprint density at radius 2 is 2.36 bits per heavy atom. The first kappa shape index (κ1) is 14.7. The number of carboxylic acid groups (broad SMARTS) is 1. The molecule has 2 aromatic rings. The Balaban J connectivity index is 1.70. The number of nitrogens with zero attached hydrogens (tertiary/aromatic N) is 2. The van der Waals surface area contributed by atoms with Gasteiger partial charge in [0.25, 0.3) is 0 Å². The van der Waals surface area contributed by atoms with Gasteiger partial charge in [0.1, 0.15) is 6.26 Å². The summed E-state index contributed by atoms with van der Waals surface area (Å²) in [5.41, 5.74) is 0.490. The number of carboxylic acids is 1. The van der Waals surface area contributed by atoms with Crippen LogP contribution >= 0.6 is 11.3 Å². The van der Waals surface area contributed by atoms with Gasteiger partial charge in [-0.2, -0.15) is 0 Å². The minimum atomic E-state index is -1.06. The van der Waals surface area contributed by atoms with Crippen LogP contribution in [0.25, 0.3) is 10.8 Å². The van der Waals surface area contributed by atoms with Crippen LogP contribution in [0.5, 0.6) is 0 Å². The molecular formula is C14H14N2O5S. The van der Waals surface area contributed by atoms with E-state index in [2.05, 4.69) is 4.98 Å². The summed E-state index contributed by atoms with van der Waals surface area (Å²) in [5.74, 6) is -0.885. The third kappa shape index (κ3) is 3.02. The molecule has 0 aromatic carbocycles. The van der Waals surface area contributed by atoms with E-state index in [1.165, 1.54) is 22.5 Å². The highest BCUT2D eigenvalue weighted by molar-refractivity contribution is 7.13. The molecule has 0 radical (unpaired) electrons. The second-order valence-corrected chi connectivity index (χ2v) is 5.76. The normalized spacial score (nSPS) is 18.4. The number of oxazole rings is 1. The van der Waals surface area contributed by atoms with Crippen LogP contribution in [0.15, 0.2) is 28.2 Å². The molecule has 0 unspecified atom stereocenters. The first-order chi connectivity index (χ1) is 10.6. The van der Waals surface area contributed by atoms with Gasteiger partial charge < -0.3 is 19.2 Å². The summed E-state index contributed by atoms with van der Waals surface area (Å²) < 4.78 is 10.5. The van der Waals surface area contributed by atoms with E-state index < -0.39 is 12.0 Å². The fourth-order valence-electron chi connectivity index (χ4n) is 2.26. The number of amides is 1. The zero-order valence-electron chi connectivity index (χ0n) is 11.6. The number of ether oxygens (including phenoxy) is 1. The van der Waals surface area contributed by atoms with Gasteiger partial charge in [0.15, 0.2) is 6.04 Å². The summed E-state index contributed by atoms with van der Waals surface area (Å²) in [4.78, 5) is 30.0. The fourth-order valence-corrected chi connectivity index (χ4v) is 2.92. The van der Waals surface area contributed by atoms with E-state index in [-0.39, 0.29) is 25.5 Å². The summed E-state index contributed by atoms with van der Waals surface area (Å²) in [7, 11) is 0. The SMILES string of the molecule is O=C(O)[C@H]1COCCN1C(=O)Cc1coc(-c2cccs2)n1. The molecule has 1 atom stereocenters. The zero-order chi connectivity index (χ0) is 15.5. The second kappa shape index (κ2) is 6.29. The number of hydrogen-bond donors (Lipinski definition) is 1. The Labute approximate surface area is 130 Å². The first-order valence-electron chi connectivity index (χ1n) is 6.73. The number of aliphatic carboxylic acids is 1. The highest BCUT2D eigenvalue weighted by atomic mass is 32.1. The van der Waals surface area contributed by atoms with Crippen molar-refractivity contribution in [2.24, 2.45) is 0 Å². The number of aromatic nitrogens is 1. The summed E-state index contributed by atoms with van der Waals surface area (Å²) >= 11 is 1.49. The summed E-state index contributed by atoms with van der Waals surface area (Å²) in [5, 5.41) is 11.1. The molecule has 3 heterocycles. The van der Waals surface area contributed by atoms with Crippen LogP contribution < -0.4 is 0 Å². The Morgan fingerprint density at radius 3 is 3.09 bits per heavy atom. The lowest BCUT2D eigenvalue weighted by atomic mass is 10.2. The van der Waals surface area contributed by atoms with E-state index in [0.717, 1.165) is 4.88 Å². The zero-order valence-corrected chi connectivity index (χ0v) is 12.4. The van der Waals surface area contributed by atoms with Gasteiger partial charge >= 0.3 is 5.97 Å². The number of morpholine rings is 1. The lowest BCUT2D eigenvalue weighted by Crippen LogP contribution is -2.53. The van der Waals surface area contributed by atoms with Gasteiger partial charge in [0, 0.05) is 6.54 Å². The lowest BCUT2D eigenvalue weighted by molar-refractivity contribution is -0.158. The molecule has 1 saturated heterocycles. The highest BCUT2D eigenvalue weighted by Gasteiger charge is 2.32. The number of rotatable bonds is 4. The molecule has 1 aliphatic rings. The average Bonchev–Trinajstić information content (AvgIpc) is 3.17. The Hall–Kier alpha value is -2.19. The van der Waals surface area contributed by atoms with E-state index >= 15 is 0 Å². The van der Waals surface area contributed by atoms with E-state index in [9.17, 15) is 9.59 Å². The van der Waals surface area contributed by atoms with Crippen molar-refractivity contribution in [1.29, 1.82) is 0 Å². The van der Waals surface area contributed by atoms with Crippen LogP contribution in [0.3, 0.4) is 0 Å². The molecule has 7 nitrogen and oxygen atoms in total. The third-order valence-electron chi connectivity index (χ3n) is 3.35. The van der Waals surface area contributed by atoms with Gasteiger partial charge in [-0.1, -0.05) is 6.07 Å². The molecule has 2 aromatic heterocycles. The number of carbonyl (C=O) groups is 2. The summed E-state index contributed by atoms with van der Waals surface area (Å²) in [6.07, 6.45) is 1.45. The third-order valence-corrected chi connectivity index (χ3v) is 4.21. The van der Waals surface area contributed by atoms with Gasteiger partial charge in [-0.15, -0.1) is 11.3 Å². The molecule has 116 valence electrons. The largest absolute Gasteiger partial charge is 0.480 e. The topological polar surface area (TPSA) is 92.9 Å². The quantitative estimate of drug-likeness (QED) is 0.911. The molecule has 1 aliphatic heterocycles. The maximum Gasteiger partial charge on any atom is 0.328 e. The van der Waals surface area contributed by atoms with Gasteiger partial charge in [0.05, 0.1) is 30.2 Å². The molecule has 8 heteroatoms. The minimum Gasteiger partial charge on any atom is -0.480 e. The molecule has 22 heavy (non-hydrogen) atoms. The number of thiophene rings is 1. The maximum absolute atomic E-state index is 12.3. The van der Waals surface area contributed by atoms with Crippen LogP contribution in [0, 0.1) is 0 Å². The number of hydrogen-bond acceptors (Lipinski definition) is 6. The van der Waals surface area contributed by atoms with Gasteiger partial charge in [-0.05, 0) is 11.4 Å². The van der Waals surface area contributed by atoms with Crippen LogP contribution in [-0.4, -0.2) is 52.7 Å². The summed E-state index contributed by atoms with van der Waals surface area (Å²) in [6, 6.07) is 2.83. The average molecular weight is 322 g/mol. The molecule has 0 bridgehead atoms. The fraction of sp³-hybridized carbons (Fsp3) is 0.357. The predicted molar refractivity (Wildman–Crippen MR) is 77.5 cm³/mol. The maximum atomic E-state index is 12.3. The molecule has 1 N–H and O–H groups in total. The second-order valence-electron chi connectivity index (χ2n) is 4.81. The van der Waals surface area contributed by atoms with Gasteiger partial charge in [-0.25, -0.2) is 9.78 Å².